The lowest BCUT2D eigenvalue weighted by molar-refractivity contribution is -0.142. The molecule has 222 valence electrons. The zero-order valence-electron chi connectivity index (χ0n) is 23.9. The molecule has 5 N–H and O–H groups in total. The quantitative estimate of drug-likeness (QED) is 0.240. The first-order valence-electron chi connectivity index (χ1n) is 14.9. The van der Waals surface area contributed by atoms with E-state index in [4.69, 9.17) is 0 Å². The number of amides is 3. The van der Waals surface area contributed by atoms with E-state index in [2.05, 4.69) is 20.9 Å². The second kappa shape index (κ2) is 12.8. The predicted octanol–water partition coefficient (Wildman–Crippen LogP) is 2.45. The molecule has 0 bridgehead atoms. The van der Waals surface area contributed by atoms with Gasteiger partial charge in [0.05, 0.1) is 12.1 Å². The summed E-state index contributed by atoms with van der Waals surface area (Å²) in [6, 6.07) is 23.8. The van der Waals surface area contributed by atoms with Gasteiger partial charge in [-0.3, -0.25) is 19.7 Å². The fourth-order valence-corrected chi connectivity index (χ4v) is 6.28. The molecule has 3 heterocycles. The van der Waals surface area contributed by atoms with Gasteiger partial charge < -0.3 is 25.6 Å². The summed E-state index contributed by atoms with van der Waals surface area (Å²) in [4.78, 5) is 46.5. The van der Waals surface area contributed by atoms with Gasteiger partial charge in [-0.15, -0.1) is 0 Å². The van der Waals surface area contributed by atoms with Gasteiger partial charge in [0, 0.05) is 30.1 Å². The molecule has 2 aliphatic heterocycles. The van der Waals surface area contributed by atoms with Crippen LogP contribution < -0.4 is 16.0 Å². The van der Waals surface area contributed by atoms with E-state index in [0.717, 1.165) is 27.6 Å². The normalized spacial score (nSPS) is 25.0. The molecule has 9 nitrogen and oxygen atoms in total. The molecule has 43 heavy (non-hydrogen) atoms. The van der Waals surface area contributed by atoms with Crippen LogP contribution in [0.4, 0.5) is 0 Å². The number of hydrogen-bond acceptors (Lipinski definition) is 5. The van der Waals surface area contributed by atoms with Gasteiger partial charge in [-0.25, -0.2) is 0 Å². The summed E-state index contributed by atoms with van der Waals surface area (Å²) >= 11 is 0. The van der Waals surface area contributed by atoms with Gasteiger partial charge in [-0.1, -0.05) is 78.9 Å². The first-order valence-corrected chi connectivity index (χ1v) is 14.9. The number of aliphatic hydroxyl groups excluding tert-OH is 1. The van der Waals surface area contributed by atoms with Gasteiger partial charge in [-0.05, 0) is 48.4 Å². The lowest BCUT2D eigenvalue weighted by Crippen LogP contribution is -2.63. The fraction of sp³-hybridized carbons (Fsp3) is 0.324. The number of benzene rings is 3. The standard InChI is InChI=1S/C34H37N5O4/c40-31-27(18-22-10-3-1-4-11-22)37-33(42)30-16-9-17-39(30)34(43)29(19-23-12-5-2-6-13-23)38-32(41)28(36-31)20-24-21-35-26-15-8-7-14-25(24)26/h1-8,10-15,21,27-30,32,35,38,41H,9,16-20H2,(H,36,40)(H,37,42)/t27-,28-,29-,30-,32?/m0/s1. The van der Waals surface area contributed by atoms with E-state index < -0.39 is 30.4 Å². The Labute approximate surface area is 250 Å². The number of nitrogens with zero attached hydrogens (tertiary/aromatic N) is 1. The minimum Gasteiger partial charge on any atom is -0.376 e. The van der Waals surface area contributed by atoms with Crippen molar-refractivity contribution < 1.29 is 19.5 Å². The number of H-pyrrole nitrogens is 1. The predicted molar refractivity (Wildman–Crippen MR) is 164 cm³/mol. The molecule has 0 spiro atoms. The van der Waals surface area contributed by atoms with Crippen molar-refractivity contribution in [2.45, 2.75) is 62.5 Å². The van der Waals surface area contributed by atoms with E-state index in [1.165, 1.54) is 0 Å². The van der Waals surface area contributed by atoms with E-state index in [-0.39, 0.29) is 24.1 Å². The van der Waals surface area contributed by atoms with Crippen molar-refractivity contribution in [3.8, 4) is 0 Å². The molecule has 9 heteroatoms. The summed E-state index contributed by atoms with van der Waals surface area (Å²) in [6.45, 7) is 0.439. The van der Waals surface area contributed by atoms with Gasteiger partial charge >= 0.3 is 0 Å². The maximum atomic E-state index is 14.1. The van der Waals surface area contributed by atoms with Crippen LogP contribution in [0.1, 0.15) is 29.5 Å². The minimum absolute atomic E-state index is 0.238. The molecule has 0 saturated carbocycles. The Hall–Kier alpha value is -4.47. The molecule has 0 aliphatic carbocycles. The third kappa shape index (κ3) is 6.48. The summed E-state index contributed by atoms with van der Waals surface area (Å²) in [7, 11) is 0. The maximum Gasteiger partial charge on any atom is 0.243 e. The van der Waals surface area contributed by atoms with Gasteiger partial charge in [0.25, 0.3) is 0 Å². The van der Waals surface area contributed by atoms with E-state index in [1.54, 1.807) is 4.90 Å². The van der Waals surface area contributed by atoms with Crippen LogP contribution in [-0.4, -0.2) is 69.7 Å². The number of aromatic nitrogens is 1. The number of hydrogen-bond donors (Lipinski definition) is 5. The third-order valence-electron chi connectivity index (χ3n) is 8.53. The van der Waals surface area contributed by atoms with Crippen LogP contribution in [0.5, 0.6) is 0 Å². The first-order chi connectivity index (χ1) is 21.0. The van der Waals surface area contributed by atoms with Crippen molar-refractivity contribution in [2.24, 2.45) is 0 Å². The molecule has 3 aromatic carbocycles. The third-order valence-corrected chi connectivity index (χ3v) is 8.53. The monoisotopic (exact) mass is 579 g/mol. The number of aromatic amines is 1. The number of carbonyl (C=O) groups is 3. The molecule has 2 fully saturated rings. The number of rotatable bonds is 6. The number of aliphatic hydroxyl groups is 1. The summed E-state index contributed by atoms with van der Waals surface area (Å²) in [5.74, 6) is -0.966. The fourth-order valence-electron chi connectivity index (χ4n) is 6.28. The highest BCUT2D eigenvalue weighted by Gasteiger charge is 2.40. The second-order valence-corrected chi connectivity index (χ2v) is 11.5. The van der Waals surface area contributed by atoms with E-state index in [1.807, 2.05) is 91.1 Å². The molecule has 4 aromatic rings. The molecule has 1 aromatic heterocycles. The molecule has 6 rings (SSSR count). The lowest BCUT2D eigenvalue weighted by Gasteiger charge is -2.35. The highest BCUT2D eigenvalue weighted by molar-refractivity contribution is 5.94. The number of fused-ring (bicyclic) bond motifs is 2. The Morgan fingerprint density at radius 2 is 1.40 bits per heavy atom. The molecule has 5 atom stereocenters. The van der Waals surface area contributed by atoms with Crippen molar-refractivity contribution in [3.63, 3.8) is 0 Å². The van der Waals surface area contributed by atoms with Crippen molar-refractivity contribution in [1.82, 2.24) is 25.8 Å². The molecule has 2 aliphatic rings. The average Bonchev–Trinajstić information content (AvgIpc) is 3.68. The van der Waals surface area contributed by atoms with Gasteiger partial charge in [-0.2, -0.15) is 0 Å². The summed E-state index contributed by atoms with van der Waals surface area (Å²) in [6.07, 6.45) is 2.73. The van der Waals surface area contributed by atoms with Crippen molar-refractivity contribution in [2.75, 3.05) is 6.54 Å². The maximum absolute atomic E-state index is 14.1. The van der Waals surface area contributed by atoms with Gasteiger partial charge in [0.1, 0.15) is 18.3 Å². The van der Waals surface area contributed by atoms with Crippen LogP contribution in [0.15, 0.2) is 91.1 Å². The summed E-state index contributed by atoms with van der Waals surface area (Å²) in [5.41, 5.74) is 3.69. The Balaban J connectivity index is 1.35. The second-order valence-electron chi connectivity index (χ2n) is 11.5. The van der Waals surface area contributed by atoms with E-state index in [0.29, 0.717) is 32.2 Å². The largest absolute Gasteiger partial charge is 0.376 e. The zero-order valence-corrected chi connectivity index (χ0v) is 23.9. The topological polar surface area (TPSA) is 127 Å². The van der Waals surface area contributed by atoms with Crippen LogP contribution in [-0.2, 0) is 33.6 Å². The van der Waals surface area contributed by atoms with E-state index >= 15 is 0 Å². The zero-order chi connectivity index (χ0) is 29.8. The minimum atomic E-state index is -1.25. The Morgan fingerprint density at radius 1 is 0.744 bits per heavy atom. The lowest BCUT2D eigenvalue weighted by atomic mass is 9.99. The van der Waals surface area contributed by atoms with Crippen LogP contribution in [0.2, 0.25) is 0 Å². The summed E-state index contributed by atoms with van der Waals surface area (Å²) < 4.78 is 0. The average molecular weight is 580 g/mol. The Bertz CT molecular complexity index is 1570. The van der Waals surface area contributed by atoms with Gasteiger partial charge in [0.15, 0.2) is 0 Å². The SMILES string of the molecule is O=C1N[C@@H](Cc2c[nH]c3ccccc23)C(O)N[C@@H](Cc2ccccc2)C(=O)N2CCC[C@H]2C(=O)N[C@H]1Cc1ccccc1. The highest BCUT2D eigenvalue weighted by atomic mass is 16.3. The number of para-hydroxylation sites is 1. The molecule has 0 radical (unpaired) electrons. The molecule has 1 unspecified atom stereocenters. The molecular weight excluding hydrogens is 542 g/mol. The Morgan fingerprint density at radius 3 is 2.12 bits per heavy atom. The first kappa shape index (κ1) is 28.6. The van der Waals surface area contributed by atoms with Crippen LogP contribution >= 0.6 is 0 Å². The van der Waals surface area contributed by atoms with Crippen molar-refractivity contribution in [1.29, 1.82) is 0 Å². The summed E-state index contributed by atoms with van der Waals surface area (Å²) in [5, 5.41) is 21.8. The number of carbonyl (C=O) groups excluding carboxylic acids is 3. The van der Waals surface area contributed by atoms with Crippen molar-refractivity contribution in [3.05, 3.63) is 108 Å². The van der Waals surface area contributed by atoms with Crippen LogP contribution in [0, 0.1) is 0 Å². The van der Waals surface area contributed by atoms with E-state index in [9.17, 15) is 19.5 Å². The van der Waals surface area contributed by atoms with Gasteiger partial charge in [0.2, 0.25) is 17.7 Å². The van der Waals surface area contributed by atoms with Crippen LogP contribution in [0.25, 0.3) is 10.9 Å². The van der Waals surface area contributed by atoms with Crippen molar-refractivity contribution >= 4 is 28.6 Å². The molecule has 2 saturated heterocycles. The molecule has 3 amide bonds. The smallest absolute Gasteiger partial charge is 0.243 e. The van der Waals surface area contributed by atoms with Crippen LogP contribution in [0.3, 0.4) is 0 Å². The number of nitrogens with one attached hydrogen (secondary N) is 4. The highest BCUT2D eigenvalue weighted by Crippen LogP contribution is 2.23. The molecular formula is C34H37N5O4. The Kier molecular flexibility index (Phi) is 8.53.